The summed E-state index contributed by atoms with van der Waals surface area (Å²) in [6, 6.07) is 6.01. The van der Waals surface area contributed by atoms with E-state index in [1.54, 1.807) is 23.7 Å². The number of amides is 2. The Morgan fingerprint density at radius 3 is 2.61 bits per heavy atom. The molecule has 0 spiro atoms. The third-order valence-electron chi connectivity index (χ3n) is 3.50. The molecular weight excluding hydrogens is 308 g/mol. The summed E-state index contributed by atoms with van der Waals surface area (Å²) in [5.41, 5.74) is 2.36. The van der Waals surface area contributed by atoms with Gasteiger partial charge in [-0.3, -0.25) is 4.98 Å². The zero-order valence-electron chi connectivity index (χ0n) is 13.7. The van der Waals surface area contributed by atoms with Gasteiger partial charge in [-0.05, 0) is 60.6 Å². The van der Waals surface area contributed by atoms with Crippen molar-refractivity contribution < 1.29 is 4.79 Å². The molecular formula is C17H24N4OS. The first-order valence-electron chi connectivity index (χ1n) is 7.72. The van der Waals surface area contributed by atoms with E-state index < -0.39 is 0 Å². The summed E-state index contributed by atoms with van der Waals surface area (Å²) < 4.78 is 0. The number of aromatic nitrogens is 1. The molecule has 2 aromatic rings. The zero-order valence-corrected chi connectivity index (χ0v) is 14.6. The highest BCUT2D eigenvalue weighted by atomic mass is 32.1. The third kappa shape index (κ3) is 6.38. The molecule has 1 N–H and O–H groups in total. The molecule has 0 aliphatic carbocycles. The first-order chi connectivity index (χ1) is 11.1. The van der Waals surface area contributed by atoms with Crippen molar-refractivity contribution in [1.82, 2.24) is 20.1 Å². The third-order valence-corrected chi connectivity index (χ3v) is 4.23. The molecule has 2 rings (SSSR count). The first kappa shape index (κ1) is 17.4. The Labute approximate surface area is 141 Å². The number of thiophene rings is 1. The van der Waals surface area contributed by atoms with E-state index in [1.165, 1.54) is 11.1 Å². The molecule has 0 radical (unpaired) electrons. The molecule has 2 amide bonds. The summed E-state index contributed by atoms with van der Waals surface area (Å²) in [6.07, 6.45) is 4.36. The van der Waals surface area contributed by atoms with Crippen LogP contribution in [0.2, 0.25) is 0 Å². The fourth-order valence-corrected chi connectivity index (χ4v) is 2.81. The minimum absolute atomic E-state index is 0.00731. The lowest BCUT2D eigenvalue weighted by molar-refractivity contribution is 0.189. The minimum atomic E-state index is -0.00731. The van der Waals surface area contributed by atoms with Crippen molar-refractivity contribution in [2.45, 2.75) is 13.0 Å². The number of nitrogens with one attached hydrogen (secondary N) is 1. The van der Waals surface area contributed by atoms with Crippen LogP contribution in [0.5, 0.6) is 0 Å². The van der Waals surface area contributed by atoms with Gasteiger partial charge in [-0.25, -0.2) is 4.79 Å². The Morgan fingerprint density at radius 2 is 1.96 bits per heavy atom. The predicted octanol–water partition coefficient (Wildman–Crippen LogP) is 2.46. The summed E-state index contributed by atoms with van der Waals surface area (Å²) in [5, 5.41) is 7.15. The van der Waals surface area contributed by atoms with Crippen LogP contribution in [0.1, 0.15) is 11.1 Å². The molecule has 124 valence electrons. The number of pyridine rings is 1. The molecule has 2 heterocycles. The predicted molar refractivity (Wildman–Crippen MR) is 94.6 cm³/mol. The fourth-order valence-electron chi connectivity index (χ4n) is 2.15. The van der Waals surface area contributed by atoms with Gasteiger partial charge in [-0.15, -0.1) is 0 Å². The van der Waals surface area contributed by atoms with Crippen molar-refractivity contribution in [2.75, 3.05) is 33.7 Å². The molecule has 0 fully saturated rings. The Balaban J connectivity index is 1.84. The van der Waals surface area contributed by atoms with Crippen molar-refractivity contribution in [2.24, 2.45) is 0 Å². The molecule has 0 atom stereocenters. The Hall–Kier alpha value is -1.92. The fraction of sp³-hybridized carbons (Fsp3) is 0.412. The van der Waals surface area contributed by atoms with Crippen LogP contribution >= 0.6 is 11.3 Å². The maximum absolute atomic E-state index is 12.5. The van der Waals surface area contributed by atoms with Gasteiger partial charge >= 0.3 is 6.03 Å². The molecule has 2 aromatic heterocycles. The Bertz CT molecular complexity index is 572. The second kappa shape index (κ2) is 9.27. The number of rotatable bonds is 8. The quantitative estimate of drug-likeness (QED) is 0.808. The molecule has 23 heavy (non-hydrogen) atoms. The van der Waals surface area contributed by atoms with Crippen molar-refractivity contribution in [3.63, 3.8) is 0 Å². The van der Waals surface area contributed by atoms with Gasteiger partial charge in [0.15, 0.2) is 0 Å². The van der Waals surface area contributed by atoms with Gasteiger partial charge < -0.3 is 15.1 Å². The molecule has 5 nitrogen and oxygen atoms in total. The number of hydrogen-bond acceptors (Lipinski definition) is 4. The second-order valence-corrected chi connectivity index (χ2v) is 6.47. The summed E-state index contributed by atoms with van der Waals surface area (Å²) in [4.78, 5) is 20.4. The van der Waals surface area contributed by atoms with Crippen LogP contribution in [0.25, 0.3) is 0 Å². The van der Waals surface area contributed by atoms with Crippen molar-refractivity contribution >= 4 is 17.4 Å². The molecule has 0 unspecified atom stereocenters. The van der Waals surface area contributed by atoms with Gasteiger partial charge in [0.05, 0.1) is 0 Å². The van der Waals surface area contributed by atoms with Gasteiger partial charge in [0.25, 0.3) is 0 Å². The van der Waals surface area contributed by atoms with E-state index in [1.807, 2.05) is 36.5 Å². The summed E-state index contributed by atoms with van der Waals surface area (Å²) in [7, 11) is 4.04. The van der Waals surface area contributed by atoms with Crippen LogP contribution < -0.4 is 5.32 Å². The van der Waals surface area contributed by atoms with E-state index in [0.29, 0.717) is 19.6 Å². The second-order valence-electron chi connectivity index (χ2n) is 5.69. The van der Waals surface area contributed by atoms with Crippen LogP contribution in [0.4, 0.5) is 4.79 Å². The van der Waals surface area contributed by atoms with Gasteiger partial charge in [0.1, 0.15) is 0 Å². The van der Waals surface area contributed by atoms with Gasteiger partial charge in [-0.2, -0.15) is 11.3 Å². The molecule has 0 aromatic carbocycles. The van der Waals surface area contributed by atoms with Crippen LogP contribution in [0.3, 0.4) is 0 Å². The van der Waals surface area contributed by atoms with Gasteiger partial charge in [0, 0.05) is 38.6 Å². The Kier molecular flexibility index (Phi) is 7.03. The largest absolute Gasteiger partial charge is 0.338 e. The lowest BCUT2D eigenvalue weighted by Crippen LogP contribution is -2.43. The zero-order chi connectivity index (χ0) is 16.5. The monoisotopic (exact) mass is 332 g/mol. The number of hydrogen-bond donors (Lipinski definition) is 1. The topological polar surface area (TPSA) is 48.5 Å². The summed E-state index contributed by atoms with van der Waals surface area (Å²) in [5.74, 6) is 0. The van der Waals surface area contributed by atoms with Crippen molar-refractivity contribution in [3.8, 4) is 0 Å². The summed E-state index contributed by atoms with van der Waals surface area (Å²) in [6.45, 7) is 2.84. The maximum atomic E-state index is 12.5. The van der Waals surface area contributed by atoms with Crippen LogP contribution in [0.15, 0.2) is 41.4 Å². The van der Waals surface area contributed by atoms with E-state index in [9.17, 15) is 4.79 Å². The normalized spacial score (nSPS) is 10.7. The highest BCUT2D eigenvalue weighted by molar-refractivity contribution is 7.07. The van der Waals surface area contributed by atoms with Crippen LogP contribution in [-0.4, -0.2) is 54.5 Å². The van der Waals surface area contributed by atoms with E-state index in [-0.39, 0.29) is 6.03 Å². The first-order valence-corrected chi connectivity index (χ1v) is 8.67. The van der Waals surface area contributed by atoms with Crippen LogP contribution in [0, 0.1) is 0 Å². The smallest absolute Gasteiger partial charge is 0.317 e. The van der Waals surface area contributed by atoms with Gasteiger partial charge in [0.2, 0.25) is 0 Å². The average molecular weight is 332 g/mol. The van der Waals surface area contributed by atoms with E-state index in [0.717, 1.165) is 13.0 Å². The van der Waals surface area contributed by atoms with E-state index in [4.69, 9.17) is 0 Å². The van der Waals surface area contributed by atoms with Crippen LogP contribution in [-0.2, 0) is 13.0 Å². The number of urea groups is 1. The SMILES string of the molecule is CN(C)CCN(Cc1ccsc1)C(=O)NCCc1ccncc1. The highest BCUT2D eigenvalue weighted by Gasteiger charge is 2.14. The molecule has 6 heteroatoms. The van der Waals surface area contributed by atoms with Crippen molar-refractivity contribution in [1.29, 1.82) is 0 Å². The van der Waals surface area contributed by atoms with E-state index >= 15 is 0 Å². The highest BCUT2D eigenvalue weighted by Crippen LogP contribution is 2.09. The Morgan fingerprint density at radius 1 is 1.17 bits per heavy atom. The number of carbonyl (C=O) groups is 1. The van der Waals surface area contributed by atoms with E-state index in [2.05, 4.69) is 26.6 Å². The molecule has 0 saturated carbocycles. The lowest BCUT2D eigenvalue weighted by Gasteiger charge is -2.24. The molecule has 0 aliphatic rings. The molecule has 0 bridgehead atoms. The average Bonchev–Trinajstić information content (AvgIpc) is 3.05. The minimum Gasteiger partial charge on any atom is -0.338 e. The maximum Gasteiger partial charge on any atom is 0.317 e. The lowest BCUT2D eigenvalue weighted by atomic mass is 10.2. The standard InChI is InChI=1S/C17H24N4OS/c1-20(2)10-11-21(13-16-6-12-23-14-16)17(22)19-9-5-15-3-7-18-8-4-15/h3-4,6-8,12,14H,5,9-11,13H2,1-2H3,(H,19,22). The van der Waals surface area contributed by atoms with Gasteiger partial charge in [-0.1, -0.05) is 0 Å². The molecule has 0 saturated heterocycles. The van der Waals surface area contributed by atoms with Crippen molar-refractivity contribution in [3.05, 3.63) is 52.5 Å². The summed E-state index contributed by atoms with van der Waals surface area (Å²) >= 11 is 1.66. The number of nitrogens with zero attached hydrogens (tertiary/aromatic N) is 3. The molecule has 0 aliphatic heterocycles. The number of likely N-dealkylation sites (N-methyl/N-ethyl adjacent to an activating group) is 1. The number of carbonyl (C=O) groups excluding carboxylic acids is 1.